The van der Waals surface area contributed by atoms with Crippen LogP contribution in [0.2, 0.25) is 0 Å². The normalized spacial score (nSPS) is 24.5. The van der Waals surface area contributed by atoms with Gasteiger partial charge < -0.3 is 19.4 Å². The highest BCUT2D eigenvalue weighted by Crippen LogP contribution is 2.19. The summed E-state index contributed by atoms with van der Waals surface area (Å²) in [5.74, 6) is 0. The van der Waals surface area contributed by atoms with Gasteiger partial charge in [0.1, 0.15) is 6.26 Å². The molecule has 1 fully saturated rings. The number of ether oxygens (including phenoxy) is 1. The number of aromatic nitrogens is 1. The molecule has 0 aromatic carbocycles. The first-order valence-electron chi connectivity index (χ1n) is 6.74. The molecule has 0 amide bonds. The van der Waals surface area contributed by atoms with E-state index in [9.17, 15) is 0 Å². The van der Waals surface area contributed by atoms with Crippen LogP contribution in [0.3, 0.4) is 0 Å². The first kappa shape index (κ1) is 13.4. The van der Waals surface area contributed by atoms with Crippen LogP contribution in [0.5, 0.6) is 0 Å². The molecule has 18 heavy (non-hydrogen) atoms. The lowest BCUT2D eigenvalue weighted by Crippen LogP contribution is -2.45. The zero-order valence-corrected chi connectivity index (χ0v) is 11.5. The molecule has 0 spiro atoms. The zero-order valence-electron chi connectivity index (χ0n) is 11.5. The van der Waals surface area contributed by atoms with Crippen LogP contribution in [-0.2, 0) is 11.3 Å². The highest BCUT2D eigenvalue weighted by Gasteiger charge is 2.25. The Hall–Kier alpha value is -1.07. The Kier molecular flexibility index (Phi) is 4.60. The van der Waals surface area contributed by atoms with E-state index < -0.39 is 0 Å². The maximum absolute atomic E-state index is 5.70. The monoisotopic (exact) mass is 253 g/mol. The van der Waals surface area contributed by atoms with Crippen LogP contribution in [0.25, 0.3) is 0 Å². The molecule has 0 aliphatic carbocycles. The fraction of sp³-hybridized carbons (Fsp3) is 0.769. The van der Waals surface area contributed by atoms with E-state index in [1.165, 1.54) is 0 Å². The number of rotatable bonds is 5. The van der Waals surface area contributed by atoms with Crippen molar-refractivity contribution in [1.82, 2.24) is 10.3 Å². The molecule has 1 aromatic rings. The molecule has 1 N–H and O–H groups in total. The summed E-state index contributed by atoms with van der Waals surface area (Å²) in [6.45, 7) is 9.77. The number of nitrogens with one attached hydrogen (secondary N) is 1. The second-order valence-electron chi connectivity index (χ2n) is 4.96. The van der Waals surface area contributed by atoms with Gasteiger partial charge in [-0.25, -0.2) is 0 Å². The first-order chi connectivity index (χ1) is 8.69. The van der Waals surface area contributed by atoms with Crippen molar-refractivity contribution < 1.29 is 9.15 Å². The summed E-state index contributed by atoms with van der Waals surface area (Å²) in [5.41, 5.74) is 0.963. The lowest BCUT2D eigenvalue weighted by molar-refractivity contribution is -0.00670. The second kappa shape index (κ2) is 6.20. The van der Waals surface area contributed by atoms with E-state index in [-0.39, 0.29) is 12.2 Å². The van der Waals surface area contributed by atoms with E-state index in [1.54, 1.807) is 6.26 Å². The minimum Gasteiger partial charge on any atom is -0.432 e. The lowest BCUT2D eigenvalue weighted by Gasteiger charge is -2.34. The molecular weight excluding hydrogens is 230 g/mol. The molecule has 5 heteroatoms. The quantitative estimate of drug-likeness (QED) is 0.811. The third-order valence-corrected chi connectivity index (χ3v) is 2.96. The molecule has 0 radical (unpaired) electrons. The molecule has 1 aliphatic heterocycles. The van der Waals surface area contributed by atoms with E-state index in [4.69, 9.17) is 9.15 Å². The van der Waals surface area contributed by atoms with Gasteiger partial charge in [-0.3, -0.25) is 0 Å². The summed E-state index contributed by atoms with van der Waals surface area (Å²) in [7, 11) is 0. The van der Waals surface area contributed by atoms with E-state index in [2.05, 4.69) is 36.0 Å². The largest absolute Gasteiger partial charge is 0.432 e. The first-order valence-corrected chi connectivity index (χ1v) is 6.74. The van der Waals surface area contributed by atoms with Gasteiger partial charge in [0.15, 0.2) is 0 Å². The summed E-state index contributed by atoms with van der Waals surface area (Å²) in [6, 6.07) is 0.713. The van der Waals surface area contributed by atoms with Gasteiger partial charge in [0.2, 0.25) is 0 Å². The van der Waals surface area contributed by atoms with Crippen LogP contribution in [0.15, 0.2) is 10.7 Å². The number of hydrogen-bond acceptors (Lipinski definition) is 5. The molecule has 2 heterocycles. The van der Waals surface area contributed by atoms with Gasteiger partial charge in [0.05, 0.1) is 17.9 Å². The van der Waals surface area contributed by atoms with Crippen molar-refractivity contribution >= 4 is 6.01 Å². The van der Waals surface area contributed by atoms with Gasteiger partial charge in [0.25, 0.3) is 6.01 Å². The Morgan fingerprint density at radius 3 is 2.78 bits per heavy atom. The van der Waals surface area contributed by atoms with Crippen LogP contribution in [0.1, 0.15) is 32.9 Å². The van der Waals surface area contributed by atoms with E-state index >= 15 is 0 Å². The van der Waals surface area contributed by atoms with Crippen LogP contribution in [0.4, 0.5) is 6.01 Å². The van der Waals surface area contributed by atoms with Gasteiger partial charge in [-0.1, -0.05) is 6.92 Å². The van der Waals surface area contributed by atoms with Crippen molar-refractivity contribution in [2.45, 2.75) is 45.9 Å². The smallest absolute Gasteiger partial charge is 0.297 e. The van der Waals surface area contributed by atoms with Gasteiger partial charge in [0, 0.05) is 19.6 Å². The Labute approximate surface area is 109 Å². The van der Waals surface area contributed by atoms with Crippen molar-refractivity contribution in [2.75, 3.05) is 24.5 Å². The third kappa shape index (κ3) is 3.46. The Balaban J connectivity index is 1.92. The molecule has 2 rings (SSSR count). The number of nitrogens with zero attached hydrogens (tertiary/aromatic N) is 2. The third-order valence-electron chi connectivity index (χ3n) is 2.96. The van der Waals surface area contributed by atoms with Gasteiger partial charge in [-0.05, 0) is 26.8 Å². The SMILES string of the molecule is CCCNCc1coc(N2C[C@@H](C)O[C@@H](C)C2)n1. The van der Waals surface area contributed by atoms with Crippen LogP contribution in [-0.4, -0.2) is 36.8 Å². The van der Waals surface area contributed by atoms with Crippen molar-refractivity contribution in [1.29, 1.82) is 0 Å². The maximum Gasteiger partial charge on any atom is 0.297 e. The van der Waals surface area contributed by atoms with Crippen molar-refractivity contribution in [3.05, 3.63) is 12.0 Å². The molecule has 1 aliphatic rings. The maximum atomic E-state index is 5.70. The fourth-order valence-corrected chi connectivity index (χ4v) is 2.25. The van der Waals surface area contributed by atoms with E-state index in [0.717, 1.165) is 38.3 Å². The Morgan fingerprint density at radius 2 is 2.11 bits per heavy atom. The number of morpholine rings is 1. The minimum atomic E-state index is 0.224. The average Bonchev–Trinajstić information content (AvgIpc) is 2.77. The molecule has 5 nitrogen and oxygen atoms in total. The van der Waals surface area contributed by atoms with E-state index in [1.807, 2.05) is 0 Å². The summed E-state index contributed by atoms with van der Waals surface area (Å²) in [6.07, 6.45) is 3.32. The van der Waals surface area contributed by atoms with Crippen molar-refractivity contribution in [2.24, 2.45) is 0 Å². The number of oxazole rings is 1. The number of anilines is 1. The zero-order chi connectivity index (χ0) is 13.0. The lowest BCUT2D eigenvalue weighted by atomic mass is 10.2. The number of hydrogen-bond donors (Lipinski definition) is 1. The molecule has 0 saturated carbocycles. The van der Waals surface area contributed by atoms with Crippen LogP contribution in [0, 0.1) is 0 Å². The van der Waals surface area contributed by atoms with Crippen LogP contribution < -0.4 is 10.2 Å². The summed E-state index contributed by atoms with van der Waals surface area (Å²) in [5, 5.41) is 3.32. The molecule has 102 valence electrons. The molecule has 2 atom stereocenters. The highest BCUT2D eigenvalue weighted by molar-refractivity contribution is 5.28. The molecular formula is C13H23N3O2. The van der Waals surface area contributed by atoms with Gasteiger partial charge in [-0.15, -0.1) is 0 Å². The van der Waals surface area contributed by atoms with Crippen LogP contribution >= 0.6 is 0 Å². The van der Waals surface area contributed by atoms with Gasteiger partial charge >= 0.3 is 0 Å². The standard InChI is InChI=1S/C13H23N3O2/c1-4-5-14-6-12-9-17-13(15-12)16-7-10(2)18-11(3)8-16/h9-11,14H,4-8H2,1-3H3/t10-,11+. The predicted octanol–water partition coefficient (Wildman–Crippen LogP) is 1.79. The summed E-state index contributed by atoms with van der Waals surface area (Å²) >= 11 is 0. The highest BCUT2D eigenvalue weighted by atomic mass is 16.5. The molecule has 1 aromatic heterocycles. The average molecular weight is 253 g/mol. The predicted molar refractivity (Wildman–Crippen MR) is 70.7 cm³/mol. The topological polar surface area (TPSA) is 50.5 Å². The Bertz CT molecular complexity index is 357. The van der Waals surface area contributed by atoms with Crippen molar-refractivity contribution in [3.63, 3.8) is 0 Å². The molecule has 1 saturated heterocycles. The Morgan fingerprint density at radius 1 is 1.39 bits per heavy atom. The van der Waals surface area contributed by atoms with E-state index in [0.29, 0.717) is 6.01 Å². The minimum absolute atomic E-state index is 0.224. The molecule has 0 bridgehead atoms. The second-order valence-corrected chi connectivity index (χ2v) is 4.96. The summed E-state index contributed by atoms with van der Waals surface area (Å²) in [4.78, 5) is 6.67. The summed E-state index contributed by atoms with van der Waals surface area (Å²) < 4.78 is 11.3. The van der Waals surface area contributed by atoms with Crippen molar-refractivity contribution in [3.8, 4) is 0 Å². The van der Waals surface area contributed by atoms with Gasteiger partial charge in [-0.2, -0.15) is 4.98 Å². The fourth-order valence-electron chi connectivity index (χ4n) is 2.25. The molecule has 0 unspecified atom stereocenters.